The van der Waals surface area contributed by atoms with Crippen molar-refractivity contribution >= 4 is 25.4 Å². The standard InChI is InChI=1S/C18H25NO3Si.C6H6/c1-4-20-23(21-5-2,22-6-3)18-14-12-17(13-15-18)19-16-10-8-7-9-11-16;1-2-4-6-5-3-1/h7-15,19H,4-6H2,1-3H3;1-6H. The summed E-state index contributed by atoms with van der Waals surface area (Å²) in [5, 5.41) is 4.36. The molecule has 29 heavy (non-hydrogen) atoms. The lowest BCUT2D eigenvalue weighted by Gasteiger charge is -2.28. The molecular formula is C24H31NO3Si. The predicted molar refractivity (Wildman–Crippen MR) is 123 cm³/mol. The topological polar surface area (TPSA) is 39.7 Å². The van der Waals surface area contributed by atoms with Crippen LogP contribution in [0, 0.1) is 0 Å². The van der Waals surface area contributed by atoms with Crippen LogP contribution in [-0.4, -0.2) is 28.6 Å². The van der Waals surface area contributed by atoms with Gasteiger partial charge in [0.25, 0.3) is 0 Å². The zero-order valence-corrected chi connectivity index (χ0v) is 18.5. The number of anilines is 2. The van der Waals surface area contributed by atoms with Gasteiger partial charge in [-0.25, -0.2) is 0 Å². The smallest absolute Gasteiger partial charge is 0.370 e. The molecule has 0 aromatic heterocycles. The van der Waals surface area contributed by atoms with Gasteiger partial charge in [-0.3, -0.25) is 0 Å². The van der Waals surface area contributed by atoms with Crippen LogP contribution in [0.5, 0.6) is 0 Å². The Morgan fingerprint density at radius 3 is 1.34 bits per heavy atom. The SMILES string of the molecule is CCO[Si](OCC)(OCC)c1ccc(Nc2ccccc2)cc1.c1ccccc1. The molecule has 0 saturated carbocycles. The Hall–Kier alpha value is -2.44. The molecule has 3 aromatic carbocycles. The monoisotopic (exact) mass is 409 g/mol. The highest BCUT2D eigenvalue weighted by Crippen LogP contribution is 2.17. The lowest BCUT2D eigenvalue weighted by atomic mass is 10.3. The number of para-hydroxylation sites is 1. The van der Waals surface area contributed by atoms with E-state index < -0.39 is 8.80 Å². The van der Waals surface area contributed by atoms with Crippen LogP contribution in [-0.2, 0) is 13.3 Å². The average molecular weight is 410 g/mol. The molecule has 0 atom stereocenters. The maximum absolute atomic E-state index is 5.93. The molecule has 0 spiro atoms. The van der Waals surface area contributed by atoms with Crippen LogP contribution in [0.15, 0.2) is 91.0 Å². The second-order valence-corrected chi connectivity index (χ2v) is 8.63. The molecule has 0 heterocycles. The maximum atomic E-state index is 5.93. The molecule has 0 aliphatic rings. The van der Waals surface area contributed by atoms with Gasteiger partial charge in [-0.2, -0.15) is 0 Å². The minimum absolute atomic E-state index is 0.566. The van der Waals surface area contributed by atoms with E-state index in [2.05, 4.69) is 5.32 Å². The number of hydrogen-bond donors (Lipinski definition) is 1. The van der Waals surface area contributed by atoms with Crippen molar-refractivity contribution < 1.29 is 13.3 Å². The molecule has 3 rings (SSSR count). The van der Waals surface area contributed by atoms with E-state index >= 15 is 0 Å². The molecule has 3 aromatic rings. The lowest BCUT2D eigenvalue weighted by Crippen LogP contribution is -2.56. The number of hydrogen-bond acceptors (Lipinski definition) is 4. The van der Waals surface area contributed by atoms with Gasteiger partial charge < -0.3 is 18.6 Å². The quantitative estimate of drug-likeness (QED) is 0.482. The molecular weight excluding hydrogens is 378 g/mol. The van der Waals surface area contributed by atoms with E-state index in [9.17, 15) is 0 Å². The van der Waals surface area contributed by atoms with Gasteiger partial charge in [0.05, 0.1) is 0 Å². The minimum atomic E-state index is -2.81. The molecule has 0 unspecified atom stereocenters. The molecule has 0 amide bonds. The van der Waals surface area contributed by atoms with Crippen LogP contribution < -0.4 is 10.5 Å². The Morgan fingerprint density at radius 1 is 0.552 bits per heavy atom. The van der Waals surface area contributed by atoms with E-state index in [1.807, 2.05) is 112 Å². The van der Waals surface area contributed by atoms with E-state index in [4.69, 9.17) is 13.3 Å². The Labute approximate surface area is 175 Å². The fraction of sp³-hybridized carbons (Fsp3) is 0.250. The lowest BCUT2D eigenvalue weighted by molar-refractivity contribution is 0.0859. The first-order chi connectivity index (χ1) is 14.2. The zero-order valence-electron chi connectivity index (χ0n) is 17.5. The molecule has 0 aliphatic heterocycles. The largest absolute Gasteiger partial charge is 0.537 e. The summed E-state index contributed by atoms with van der Waals surface area (Å²) in [7, 11) is -2.81. The van der Waals surface area contributed by atoms with Crippen molar-refractivity contribution in [1.82, 2.24) is 0 Å². The first kappa shape index (κ1) is 22.8. The molecule has 0 bridgehead atoms. The fourth-order valence-electron chi connectivity index (χ4n) is 2.78. The van der Waals surface area contributed by atoms with Crippen molar-refractivity contribution in [2.24, 2.45) is 0 Å². The van der Waals surface area contributed by atoms with Crippen LogP contribution in [0.4, 0.5) is 11.4 Å². The summed E-state index contributed by atoms with van der Waals surface area (Å²) in [4.78, 5) is 0. The summed E-state index contributed by atoms with van der Waals surface area (Å²) in [6.07, 6.45) is 0. The van der Waals surface area contributed by atoms with Crippen molar-refractivity contribution in [2.75, 3.05) is 25.1 Å². The third-order valence-electron chi connectivity index (χ3n) is 3.97. The molecule has 5 heteroatoms. The highest BCUT2D eigenvalue weighted by molar-refractivity contribution is 6.75. The van der Waals surface area contributed by atoms with Gasteiger partial charge in [-0.15, -0.1) is 0 Å². The van der Waals surface area contributed by atoms with Crippen molar-refractivity contribution in [3.8, 4) is 0 Å². The average Bonchev–Trinajstić information content (AvgIpc) is 2.77. The predicted octanol–water partition coefficient (Wildman–Crippen LogP) is 5.37. The van der Waals surface area contributed by atoms with E-state index in [1.165, 1.54) is 0 Å². The molecule has 0 aliphatic carbocycles. The number of rotatable bonds is 9. The summed E-state index contributed by atoms with van der Waals surface area (Å²) in [6, 6.07) is 30.2. The second-order valence-electron chi connectivity index (χ2n) is 6.08. The number of nitrogens with one attached hydrogen (secondary N) is 1. The van der Waals surface area contributed by atoms with Gasteiger partial charge in [0.1, 0.15) is 0 Å². The Balaban J connectivity index is 0.000000426. The van der Waals surface area contributed by atoms with Crippen LogP contribution in [0.25, 0.3) is 0 Å². The van der Waals surface area contributed by atoms with Gasteiger partial charge in [-0.05, 0) is 45.0 Å². The summed E-state index contributed by atoms with van der Waals surface area (Å²) in [5.41, 5.74) is 2.08. The highest BCUT2D eigenvalue weighted by Gasteiger charge is 2.43. The van der Waals surface area contributed by atoms with Gasteiger partial charge in [0, 0.05) is 36.4 Å². The Kier molecular flexibility index (Phi) is 10.2. The molecule has 1 N–H and O–H groups in total. The fourth-order valence-corrected chi connectivity index (χ4v) is 5.24. The molecule has 4 nitrogen and oxygen atoms in total. The normalized spacial score (nSPS) is 10.7. The summed E-state index contributed by atoms with van der Waals surface area (Å²) < 4.78 is 17.8. The van der Waals surface area contributed by atoms with Gasteiger partial charge in [-0.1, -0.05) is 66.7 Å². The first-order valence-electron chi connectivity index (χ1n) is 10.1. The van der Waals surface area contributed by atoms with E-state index in [0.29, 0.717) is 19.8 Å². The molecule has 0 fully saturated rings. The van der Waals surface area contributed by atoms with Gasteiger partial charge in [0.15, 0.2) is 0 Å². The van der Waals surface area contributed by atoms with Crippen LogP contribution in [0.3, 0.4) is 0 Å². The maximum Gasteiger partial charge on any atom is 0.537 e. The summed E-state index contributed by atoms with van der Waals surface area (Å²) in [6.45, 7) is 7.59. The van der Waals surface area contributed by atoms with Crippen molar-refractivity contribution in [3.05, 3.63) is 91.0 Å². The van der Waals surface area contributed by atoms with E-state index in [0.717, 1.165) is 16.6 Å². The number of benzene rings is 3. The molecule has 0 radical (unpaired) electrons. The third-order valence-corrected chi connectivity index (χ3v) is 7.02. The van der Waals surface area contributed by atoms with Crippen LogP contribution >= 0.6 is 0 Å². The highest BCUT2D eigenvalue weighted by atomic mass is 28.4. The van der Waals surface area contributed by atoms with E-state index in [-0.39, 0.29) is 0 Å². The minimum Gasteiger partial charge on any atom is -0.370 e. The van der Waals surface area contributed by atoms with Gasteiger partial charge in [0.2, 0.25) is 0 Å². The van der Waals surface area contributed by atoms with E-state index in [1.54, 1.807) is 0 Å². The Morgan fingerprint density at radius 2 is 0.931 bits per heavy atom. The van der Waals surface area contributed by atoms with Crippen molar-refractivity contribution in [2.45, 2.75) is 20.8 Å². The Bertz CT molecular complexity index is 739. The van der Waals surface area contributed by atoms with Gasteiger partial charge >= 0.3 is 8.80 Å². The van der Waals surface area contributed by atoms with Crippen molar-refractivity contribution in [1.29, 1.82) is 0 Å². The zero-order chi connectivity index (χ0) is 20.8. The third kappa shape index (κ3) is 7.48. The molecule has 154 valence electrons. The summed E-state index contributed by atoms with van der Waals surface area (Å²) in [5.74, 6) is 0. The summed E-state index contributed by atoms with van der Waals surface area (Å²) >= 11 is 0. The second kappa shape index (κ2) is 12.9. The molecule has 0 saturated heterocycles. The van der Waals surface area contributed by atoms with Crippen LogP contribution in [0.2, 0.25) is 0 Å². The van der Waals surface area contributed by atoms with Crippen molar-refractivity contribution in [3.63, 3.8) is 0 Å². The van der Waals surface area contributed by atoms with Crippen LogP contribution in [0.1, 0.15) is 20.8 Å². The first-order valence-corrected chi connectivity index (χ1v) is 11.8.